The lowest BCUT2D eigenvalue weighted by Gasteiger charge is -2.34. The Balaban J connectivity index is 1.57. The summed E-state index contributed by atoms with van der Waals surface area (Å²) in [4.78, 5) is 16.8. The second-order valence-electron chi connectivity index (χ2n) is 6.29. The molecule has 21 heavy (non-hydrogen) atoms. The molecule has 0 radical (unpaired) electrons. The molecule has 0 bridgehead atoms. The molecule has 1 amide bonds. The first kappa shape index (κ1) is 14.5. The van der Waals surface area contributed by atoms with Gasteiger partial charge in [-0.3, -0.25) is 9.69 Å². The van der Waals surface area contributed by atoms with Crippen molar-refractivity contribution in [2.75, 3.05) is 26.2 Å². The maximum atomic E-state index is 12.5. The third-order valence-electron chi connectivity index (χ3n) is 4.58. The number of nitrogens with zero attached hydrogens (tertiary/aromatic N) is 2. The summed E-state index contributed by atoms with van der Waals surface area (Å²) in [5.74, 6) is 0.345. The molecule has 1 unspecified atom stereocenters. The van der Waals surface area contributed by atoms with Crippen LogP contribution in [0.4, 0.5) is 0 Å². The van der Waals surface area contributed by atoms with Crippen LogP contribution in [0.3, 0.4) is 0 Å². The quantitative estimate of drug-likeness (QED) is 0.916. The Morgan fingerprint density at radius 1 is 1.14 bits per heavy atom. The summed E-state index contributed by atoms with van der Waals surface area (Å²) in [6, 6.07) is 10.4. The van der Waals surface area contributed by atoms with E-state index >= 15 is 0 Å². The number of aliphatic hydroxyl groups excluding tert-OH is 1. The molecule has 2 heterocycles. The molecule has 1 N–H and O–H groups in total. The zero-order valence-corrected chi connectivity index (χ0v) is 12.4. The number of hydrogen-bond acceptors (Lipinski definition) is 3. The van der Waals surface area contributed by atoms with Crippen molar-refractivity contribution in [3.63, 3.8) is 0 Å². The molecule has 0 spiro atoms. The molecule has 114 valence electrons. The second kappa shape index (κ2) is 6.58. The highest BCUT2D eigenvalue weighted by Crippen LogP contribution is 2.22. The van der Waals surface area contributed by atoms with Crippen LogP contribution in [0, 0.1) is 5.92 Å². The van der Waals surface area contributed by atoms with E-state index in [1.807, 2.05) is 11.0 Å². The lowest BCUT2D eigenvalue weighted by Crippen LogP contribution is -2.44. The summed E-state index contributed by atoms with van der Waals surface area (Å²) in [5.41, 5.74) is 1.31. The molecular weight excluding hydrogens is 264 g/mol. The number of aliphatic hydroxyl groups is 1. The minimum atomic E-state index is -0.321. The third-order valence-corrected chi connectivity index (χ3v) is 4.58. The molecule has 2 aliphatic rings. The molecular formula is C17H24N2O2. The minimum Gasteiger partial charge on any atom is -0.391 e. The van der Waals surface area contributed by atoms with Crippen molar-refractivity contribution in [1.29, 1.82) is 0 Å². The number of β-amino-alcohol motifs (C(OH)–C–C–N with tert-alkyl or cyclic N) is 1. The summed E-state index contributed by atoms with van der Waals surface area (Å²) >= 11 is 0. The van der Waals surface area contributed by atoms with Crippen LogP contribution in [0.25, 0.3) is 0 Å². The van der Waals surface area contributed by atoms with Crippen molar-refractivity contribution < 1.29 is 9.90 Å². The summed E-state index contributed by atoms with van der Waals surface area (Å²) in [6.45, 7) is 4.08. The molecule has 2 aliphatic heterocycles. The first-order valence-corrected chi connectivity index (χ1v) is 7.95. The predicted octanol–water partition coefficient (Wildman–Crippen LogP) is 1.49. The Bertz CT molecular complexity index is 477. The van der Waals surface area contributed by atoms with E-state index in [-0.39, 0.29) is 17.9 Å². The van der Waals surface area contributed by atoms with Gasteiger partial charge in [0.25, 0.3) is 0 Å². The predicted molar refractivity (Wildman–Crippen MR) is 81.6 cm³/mol. The van der Waals surface area contributed by atoms with Crippen LogP contribution in [-0.2, 0) is 11.3 Å². The zero-order chi connectivity index (χ0) is 14.7. The molecule has 3 rings (SSSR count). The number of amides is 1. The van der Waals surface area contributed by atoms with Gasteiger partial charge in [0, 0.05) is 26.2 Å². The van der Waals surface area contributed by atoms with Crippen LogP contribution in [0.5, 0.6) is 0 Å². The highest BCUT2D eigenvalue weighted by molar-refractivity contribution is 5.79. The van der Waals surface area contributed by atoms with E-state index in [9.17, 15) is 9.90 Å². The monoisotopic (exact) mass is 288 g/mol. The number of benzene rings is 1. The lowest BCUT2D eigenvalue weighted by molar-refractivity contribution is -0.136. The fourth-order valence-corrected chi connectivity index (χ4v) is 3.44. The van der Waals surface area contributed by atoms with Crippen molar-refractivity contribution in [1.82, 2.24) is 9.80 Å². The molecule has 0 saturated carbocycles. The first-order chi connectivity index (χ1) is 10.2. The standard InChI is InChI=1S/C17H24N2O2/c20-16-8-10-19(13-16)17(21)15-7-4-9-18(12-15)11-14-5-2-1-3-6-14/h1-3,5-6,15-16,20H,4,7-13H2/t15?,16-/m1/s1. The van der Waals surface area contributed by atoms with Crippen molar-refractivity contribution in [3.8, 4) is 0 Å². The summed E-state index contributed by atoms with van der Waals surface area (Å²) in [7, 11) is 0. The van der Waals surface area contributed by atoms with Crippen molar-refractivity contribution >= 4 is 5.91 Å². The first-order valence-electron chi connectivity index (χ1n) is 7.95. The van der Waals surface area contributed by atoms with Crippen LogP contribution >= 0.6 is 0 Å². The number of rotatable bonds is 3. The van der Waals surface area contributed by atoms with Crippen LogP contribution in [0.1, 0.15) is 24.8 Å². The molecule has 0 aliphatic carbocycles. The Labute approximate surface area is 126 Å². The highest BCUT2D eigenvalue weighted by Gasteiger charge is 2.32. The SMILES string of the molecule is O=C(C1CCCN(Cc2ccccc2)C1)N1CC[C@@H](O)C1. The Morgan fingerprint density at radius 2 is 1.95 bits per heavy atom. The fraction of sp³-hybridized carbons (Fsp3) is 0.588. The maximum Gasteiger partial charge on any atom is 0.227 e. The van der Waals surface area contributed by atoms with Gasteiger partial charge in [-0.25, -0.2) is 0 Å². The lowest BCUT2D eigenvalue weighted by atomic mass is 9.96. The number of carbonyl (C=O) groups is 1. The van der Waals surface area contributed by atoms with E-state index < -0.39 is 0 Å². The van der Waals surface area contributed by atoms with Gasteiger partial charge in [0.05, 0.1) is 12.0 Å². The van der Waals surface area contributed by atoms with Gasteiger partial charge in [-0.2, -0.15) is 0 Å². The summed E-state index contributed by atoms with van der Waals surface area (Å²) in [5, 5.41) is 9.59. The summed E-state index contributed by atoms with van der Waals surface area (Å²) in [6.07, 6.45) is 2.47. The largest absolute Gasteiger partial charge is 0.391 e. The molecule has 0 aromatic heterocycles. The highest BCUT2D eigenvalue weighted by atomic mass is 16.3. The van der Waals surface area contributed by atoms with Gasteiger partial charge in [-0.05, 0) is 31.4 Å². The Hall–Kier alpha value is -1.39. The smallest absolute Gasteiger partial charge is 0.227 e. The van der Waals surface area contributed by atoms with E-state index in [2.05, 4.69) is 29.2 Å². The van der Waals surface area contributed by atoms with Gasteiger partial charge in [0.1, 0.15) is 0 Å². The van der Waals surface area contributed by atoms with Crippen molar-refractivity contribution in [3.05, 3.63) is 35.9 Å². The second-order valence-corrected chi connectivity index (χ2v) is 6.29. The van der Waals surface area contributed by atoms with Gasteiger partial charge in [-0.15, -0.1) is 0 Å². The third kappa shape index (κ3) is 3.63. The normalized spacial score (nSPS) is 27.0. The average molecular weight is 288 g/mol. The molecule has 2 atom stereocenters. The maximum absolute atomic E-state index is 12.5. The average Bonchev–Trinajstić information content (AvgIpc) is 2.94. The molecule has 4 nitrogen and oxygen atoms in total. The van der Waals surface area contributed by atoms with Gasteiger partial charge < -0.3 is 10.0 Å². The van der Waals surface area contributed by atoms with Crippen molar-refractivity contribution in [2.24, 2.45) is 5.92 Å². The van der Waals surface area contributed by atoms with Crippen LogP contribution in [0.2, 0.25) is 0 Å². The Kier molecular flexibility index (Phi) is 4.56. The number of hydrogen-bond donors (Lipinski definition) is 1. The van der Waals surface area contributed by atoms with E-state index in [0.29, 0.717) is 6.54 Å². The van der Waals surface area contributed by atoms with Crippen LogP contribution < -0.4 is 0 Å². The zero-order valence-electron chi connectivity index (χ0n) is 12.4. The Morgan fingerprint density at radius 3 is 2.67 bits per heavy atom. The molecule has 1 aromatic rings. The van der Waals surface area contributed by atoms with Crippen LogP contribution in [0.15, 0.2) is 30.3 Å². The molecule has 1 aromatic carbocycles. The van der Waals surface area contributed by atoms with E-state index in [4.69, 9.17) is 0 Å². The van der Waals surface area contributed by atoms with Gasteiger partial charge >= 0.3 is 0 Å². The van der Waals surface area contributed by atoms with Gasteiger partial charge in [-0.1, -0.05) is 30.3 Å². The topological polar surface area (TPSA) is 43.8 Å². The number of carbonyl (C=O) groups excluding carboxylic acids is 1. The van der Waals surface area contributed by atoms with Crippen molar-refractivity contribution in [2.45, 2.75) is 31.9 Å². The summed E-state index contributed by atoms with van der Waals surface area (Å²) < 4.78 is 0. The molecule has 2 fully saturated rings. The van der Waals surface area contributed by atoms with Gasteiger partial charge in [0.2, 0.25) is 5.91 Å². The van der Waals surface area contributed by atoms with Gasteiger partial charge in [0.15, 0.2) is 0 Å². The van der Waals surface area contributed by atoms with E-state index in [1.165, 1.54) is 5.56 Å². The minimum absolute atomic E-state index is 0.104. The molecule has 2 saturated heterocycles. The van der Waals surface area contributed by atoms with E-state index in [1.54, 1.807) is 0 Å². The van der Waals surface area contributed by atoms with E-state index in [0.717, 1.165) is 45.4 Å². The molecule has 4 heteroatoms. The number of piperidine rings is 1. The van der Waals surface area contributed by atoms with Crippen LogP contribution in [-0.4, -0.2) is 53.1 Å². The fourth-order valence-electron chi connectivity index (χ4n) is 3.44. The number of likely N-dealkylation sites (tertiary alicyclic amines) is 2.